The number of fused-ring (bicyclic) bond motifs is 2. The zero-order valence-corrected chi connectivity index (χ0v) is 13.5. The number of rotatable bonds is 4. The minimum Gasteiger partial charge on any atom is -0.289 e. The SMILES string of the molecule is C1=NC(CCC[N+]2=Cc3ccccc3CC2)Cc2ccccc21. The van der Waals surface area contributed by atoms with Crippen molar-refractivity contribution in [1.29, 1.82) is 0 Å². The largest absolute Gasteiger partial charge is 0.289 e. The van der Waals surface area contributed by atoms with Crippen molar-refractivity contribution >= 4 is 12.4 Å². The lowest BCUT2D eigenvalue weighted by Crippen LogP contribution is -2.24. The lowest BCUT2D eigenvalue weighted by molar-refractivity contribution is -0.524. The molecule has 2 heterocycles. The predicted molar refractivity (Wildman–Crippen MR) is 96.1 cm³/mol. The van der Waals surface area contributed by atoms with Gasteiger partial charge in [-0.2, -0.15) is 0 Å². The molecule has 0 N–H and O–H groups in total. The molecule has 2 nitrogen and oxygen atoms in total. The normalized spacial score (nSPS) is 19.0. The second-order valence-corrected chi connectivity index (χ2v) is 6.59. The molecule has 0 fully saturated rings. The average molecular weight is 303 g/mol. The Bertz CT molecular complexity index is 758. The third-order valence-electron chi connectivity index (χ3n) is 4.96. The van der Waals surface area contributed by atoms with Gasteiger partial charge in [-0.25, -0.2) is 4.58 Å². The summed E-state index contributed by atoms with van der Waals surface area (Å²) in [7, 11) is 0. The van der Waals surface area contributed by atoms with Crippen LogP contribution in [0.25, 0.3) is 0 Å². The van der Waals surface area contributed by atoms with E-state index < -0.39 is 0 Å². The molecule has 0 aliphatic carbocycles. The molecule has 0 saturated heterocycles. The van der Waals surface area contributed by atoms with E-state index in [-0.39, 0.29) is 0 Å². The Morgan fingerprint density at radius 2 is 1.74 bits per heavy atom. The van der Waals surface area contributed by atoms with Crippen molar-refractivity contribution in [3.8, 4) is 0 Å². The van der Waals surface area contributed by atoms with Crippen LogP contribution in [-0.2, 0) is 12.8 Å². The van der Waals surface area contributed by atoms with Crippen LogP contribution in [-0.4, -0.2) is 36.1 Å². The molecular weight excluding hydrogens is 280 g/mol. The number of nitrogens with zero attached hydrogens (tertiary/aromatic N) is 2. The number of hydrogen-bond donors (Lipinski definition) is 0. The fourth-order valence-corrected chi connectivity index (χ4v) is 3.63. The molecule has 0 radical (unpaired) electrons. The molecular formula is C21H23N2+. The van der Waals surface area contributed by atoms with Gasteiger partial charge in [0.15, 0.2) is 6.21 Å². The third-order valence-corrected chi connectivity index (χ3v) is 4.96. The Morgan fingerprint density at radius 3 is 2.65 bits per heavy atom. The Balaban J connectivity index is 1.33. The maximum atomic E-state index is 4.74. The first-order valence-corrected chi connectivity index (χ1v) is 8.66. The van der Waals surface area contributed by atoms with E-state index in [1.165, 1.54) is 41.5 Å². The fraction of sp³-hybridized carbons (Fsp3) is 0.333. The molecule has 2 aromatic carbocycles. The topological polar surface area (TPSA) is 15.4 Å². The summed E-state index contributed by atoms with van der Waals surface area (Å²) >= 11 is 0. The molecule has 2 aliphatic rings. The van der Waals surface area contributed by atoms with Gasteiger partial charge in [0.2, 0.25) is 0 Å². The van der Waals surface area contributed by atoms with Gasteiger partial charge in [-0.15, -0.1) is 0 Å². The van der Waals surface area contributed by atoms with Crippen LogP contribution in [0, 0.1) is 0 Å². The Morgan fingerprint density at radius 1 is 0.957 bits per heavy atom. The molecule has 0 amide bonds. The van der Waals surface area contributed by atoms with Gasteiger partial charge in [-0.3, -0.25) is 4.99 Å². The van der Waals surface area contributed by atoms with Gasteiger partial charge < -0.3 is 0 Å². The van der Waals surface area contributed by atoms with Gasteiger partial charge >= 0.3 is 0 Å². The van der Waals surface area contributed by atoms with Gasteiger partial charge in [0.25, 0.3) is 0 Å². The molecule has 2 aliphatic heterocycles. The van der Waals surface area contributed by atoms with Crippen molar-refractivity contribution in [3.63, 3.8) is 0 Å². The smallest absolute Gasteiger partial charge is 0.170 e. The van der Waals surface area contributed by atoms with Crippen molar-refractivity contribution in [2.45, 2.75) is 31.7 Å². The average Bonchev–Trinajstić information content (AvgIpc) is 2.61. The second-order valence-electron chi connectivity index (χ2n) is 6.59. The highest BCUT2D eigenvalue weighted by Gasteiger charge is 2.17. The summed E-state index contributed by atoms with van der Waals surface area (Å²) in [6.45, 7) is 2.29. The minimum absolute atomic E-state index is 0.460. The van der Waals surface area contributed by atoms with E-state index in [9.17, 15) is 0 Å². The first-order valence-electron chi connectivity index (χ1n) is 8.66. The molecule has 2 aromatic rings. The molecule has 0 saturated carbocycles. The van der Waals surface area contributed by atoms with Crippen LogP contribution in [0.3, 0.4) is 0 Å². The van der Waals surface area contributed by atoms with E-state index in [0.29, 0.717) is 6.04 Å². The molecule has 4 rings (SSSR count). The number of benzene rings is 2. The van der Waals surface area contributed by atoms with Gasteiger partial charge in [0.1, 0.15) is 13.1 Å². The van der Waals surface area contributed by atoms with Crippen molar-refractivity contribution in [3.05, 3.63) is 70.8 Å². The zero-order chi connectivity index (χ0) is 15.5. The minimum atomic E-state index is 0.460. The molecule has 23 heavy (non-hydrogen) atoms. The Kier molecular flexibility index (Phi) is 4.06. The highest BCUT2D eigenvalue weighted by Crippen LogP contribution is 2.19. The summed E-state index contributed by atoms with van der Waals surface area (Å²) in [5.74, 6) is 0. The van der Waals surface area contributed by atoms with Crippen molar-refractivity contribution < 1.29 is 4.58 Å². The maximum absolute atomic E-state index is 4.74. The fourth-order valence-electron chi connectivity index (χ4n) is 3.63. The second kappa shape index (κ2) is 6.49. The van der Waals surface area contributed by atoms with Crippen LogP contribution in [0.4, 0.5) is 0 Å². The van der Waals surface area contributed by atoms with Crippen LogP contribution < -0.4 is 0 Å². The molecule has 0 spiro atoms. The van der Waals surface area contributed by atoms with E-state index in [1.54, 1.807) is 0 Å². The van der Waals surface area contributed by atoms with Crippen molar-refractivity contribution in [2.24, 2.45) is 4.99 Å². The van der Waals surface area contributed by atoms with Crippen LogP contribution >= 0.6 is 0 Å². The highest BCUT2D eigenvalue weighted by molar-refractivity contribution is 5.83. The van der Waals surface area contributed by atoms with Crippen LogP contribution in [0.5, 0.6) is 0 Å². The summed E-state index contributed by atoms with van der Waals surface area (Å²) in [6.07, 6.45) is 9.05. The van der Waals surface area contributed by atoms with E-state index >= 15 is 0 Å². The lowest BCUT2D eigenvalue weighted by atomic mass is 9.95. The lowest BCUT2D eigenvalue weighted by Gasteiger charge is -2.18. The van der Waals surface area contributed by atoms with Gasteiger partial charge in [0, 0.05) is 24.6 Å². The van der Waals surface area contributed by atoms with Crippen molar-refractivity contribution in [1.82, 2.24) is 0 Å². The van der Waals surface area contributed by atoms with E-state index in [2.05, 4.69) is 65.5 Å². The van der Waals surface area contributed by atoms with Gasteiger partial charge in [0.05, 0.1) is 6.04 Å². The summed E-state index contributed by atoms with van der Waals surface area (Å²) in [5, 5.41) is 0. The zero-order valence-electron chi connectivity index (χ0n) is 13.5. The first-order chi connectivity index (χ1) is 11.4. The number of aliphatic imine (C=N–C) groups is 1. The molecule has 1 atom stereocenters. The monoisotopic (exact) mass is 303 g/mol. The van der Waals surface area contributed by atoms with E-state index in [4.69, 9.17) is 4.99 Å². The first kappa shape index (κ1) is 14.4. The van der Waals surface area contributed by atoms with Gasteiger partial charge in [-0.1, -0.05) is 42.5 Å². The van der Waals surface area contributed by atoms with Crippen molar-refractivity contribution in [2.75, 3.05) is 13.1 Å². The van der Waals surface area contributed by atoms with Crippen LogP contribution in [0.2, 0.25) is 0 Å². The standard InChI is InChI=1S/C21H23N2/c1-4-9-20-16-23(13-11-17(20)6-1)12-5-10-21-14-18-7-2-3-8-19(18)15-22-21/h1-4,6-9,15-16,21H,5,10-14H2/q+1. The van der Waals surface area contributed by atoms with E-state index in [0.717, 1.165) is 19.5 Å². The predicted octanol–water partition coefficient (Wildman–Crippen LogP) is 3.50. The molecule has 0 aromatic heterocycles. The van der Waals surface area contributed by atoms with Crippen LogP contribution in [0.15, 0.2) is 53.5 Å². The quantitative estimate of drug-likeness (QED) is 0.768. The summed E-state index contributed by atoms with van der Waals surface area (Å²) in [4.78, 5) is 4.74. The summed E-state index contributed by atoms with van der Waals surface area (Å²) < 4.78 is 2.48. The highest BCUT2D eigenvalue weighted by atomic mass is 15.0. The number of hydrogen-bond acceptors (Lipinski definition) is 1. The molecule has 0 bridgehead atoms. The summed E-state index contributed by atoms with van der Waals surface area (Å²) in [6, 6.07) is 17.8. The molecule has 2 heteroatoms. The third kappa shape index (κ3) is 3.26. The van der Waals surface area contributed by atoms with E-state index in [1.807, 2.05) is 0 Å². The van der Waals surface area contributed by atoms with Crippen LogP contribution in [0.1, 0.15) is 35.1 Å². The maximum Gasteiger partial charge on any atom is 0.170 e. The molecule has 1 unspecified atom stereocenters. The molecule has 116 valence electrons. The Labute approximate surface area is 138 Å². The Hall–Kier alpha value is -2.22. The summed E-state index contributed by atoms with van der Waals surface area (Å²) in [5.41, 5.74) is 5.62. The van der Waals surface area contributed by atoms with Gasteiger partial charge in [-0.05, 0) is 35.6 Å².